The summed E-state index contributed by atoms with van der Waals surface area (Å²) in [5.74, 6) is -0.0118. The van der Waals surface area contributed by atoms with Crippen molar-refractivity contribution >= 4 is 22.4 Å². The summed E-state index contributed by atoms with van der Waals surface area (Å²) in [6, 6.07) is 14.9. The van der Waals surface area contributed by atoms with Crippen LogP contribution in [-0.4, -0.2) is 10.8 Å². The van der Waals surface area contributed by atoms with E-state index in [-0.39, 0.29) is 5.78 Å². The lowest BCUT2D eigenvalue weighted by Crippen LogP contribution is -2.05. The van der Waals surface area contributed by atoms with Crippen molar-refractivity contribution in [1.29, 1.82) is 0 Å². The van der Waals surface area contributed by atoms with Gasteiger partial charge in [0.05, 0.1) is 5.52 Å². The molecule has 3 nitrogen and oxygen atoms in total. The lowest BCUT2D eigenvalue weighted by atomic mass is 9.97. The zero-order valence-electron chi connectivity index (χ0n) is 12.1. The molecule has 0 aliphatic carbocycles. The number of carbonyl (C=O) groups is 1. The van der Waals surface area contributed by atoms with Gasteiger partial charge in [-0.3, -0.25) is 9.78 Å². The van der Waals surface area contributed by atoms with E-state index in [1.165, 1.54) is 0 Å². The second-order valence-corrected chi connectivity index (χ2v) is 5.21. The molecule has 3 rings (SSSR count). The van der Waals surface area contributed by atoms with Gasteiger partial charge in [-0.2, -0.15) is 0 Å². The Morgan fingerprint density at radius 2 is 1.86 bits per heavy atom. The van der Waals surface area contributed by atoms with Crippen LogP contribution in [0.5, 0.6) is 0 Å². The Hall–Kier alpha value is -2.68. The van der Waals surface area contributed by atoms with Gasteiger partial charge in [0.1, 0.15) is 0 Å². The van der Waals surface area contributed by atoms with E-state index in [2.05, 4.69) is 4.98 Å². The first-order valence-corrected chi connectivity index (χ1v) is 6.83. The van der Waals surface area contributed by atoms with E-state index in [1.807, 2.05) is 56.3 Å². The highest BCUT2D eigenvalue weighted by molar-refractivity contribution is 6.11. The van der Waals surface area contributed by atoms with Gasteiger partial charge in [-0.1, -0.05) is 18.2 Å². The molecule has 0 aliphatic heterocycles. The number of fused-ring (bicyclic) bond motifs is 1. The normalized spacial score (nSPS) is 10.8. The molecule has 0 atom stereocenters. The monoisotopic (exact) mass is 276 g/mol. The topological polar surface area (TPSA) is 56.0 Å². The van der Waals surface area contributed by atoms with E-state index >= 15 is 0 Å². The third-order valence-electron chi connectivity index (χ3n) is 3.71. The maximum Gasteiger partial charge on any atom is 0.193 e. The molecule has 1 aromatic heterocycles. The number of aryl methyl sites for hydroxylation is 1. The van der Waals surface area contributed by atoms with Gasteiger partial charge in [0.25, 0.3) is 0 Å². The summed E-state index contributed by atoms with van der Waals surface area (Å²) < 4.78 is 0. The fourth-order valence-electron chi connectivity index (χ4n) is 2.42. The summed E-state index contributed by atoms with van der Waals surface area (Å²) in [7, 11) is 0. The number of pyridine rings is 1. The number of ketones is 1. The average Bonchev–Trinajstić information content (AvgIpc) is 2.49. The number of carbonyl (C=O) groups excluding carboxylic acids is 1. The summed E-state index contributed by atoms with van der Waals surface area (Å²) in [6.07, 6.45) is 0. The third kappa shape index (κ3) is 2.38. The number of hydrogen-bond donors (Lipinski definition) is 1. The Labute approximate surface area is 123 Å². The Morgan fingerprint density at radius 3 is 2.67 bits per heavy atom. The van der Waals surface area contributed by atoms with Crippen molar-refractivity contribution in [1.82, 2.24) is 4.98 Å². The quantitative estimate of drug-likeness (QED) is 0.574. The second-order valence-electron chi connectivity index (χ2n) is 5.21. The summed E-state index contributed by atoms with van der Waals surface area (Å²) in [6.45, 7) is 3.82. The number of anilines is 1. The molecule has 0 fully saturated rings. The van der Waals surface area contributed by atoms with Crippen LogP contribution in [0.25, 0.3) is 10.9 Å². The first-order chi connectivity index (χ1) is 10.1. The van der Waals surface area contributed by atoms with Crippen LogP contribution in [-0.2, 0) is 0 Å². The molecule has 3 heteroatoms. The SMILES string of the molecule is Cc1ccc2cc(C(=O)c3cccc(N)c3C)ccc2n1. The van der Waals surface area contributed by atoms with Crippen LogP contribution in [0.4, 0.5) is 5.69 Å². The lowest BCUT2D eigenvalue weighted by Gasteiger charge is -2.08. The summed E-state index contributed by atoms with van der Waals surface area (Å²) in [5.41, 5.74) is 10.5. The van der Waals surface area contributed by atoms with Gasteiger partial charge in [0.2, 0.25) is 0 Å². The van der Waals surface area contributed by atoms with Crippen molar-refractivity contribution in [3.63, 3.8) is 0 Å². The molecule has 0 saturated heterocycles. The van der Waals surface area contributed by atoms with E-state index in [0.29, 0.717) is 16.8 Å². The Balaban J connectivity index is 2.09. The number of hydrogen-bond acceptors (Lipinski definition) is 3. The Morgan fingerprint density at radius 1 is 1.05 bits per heavy atom. The van der Waals surface area contributed by atoms with Crippen LogP contribution in [0.15, 0.2) is 48.5 Å². The van der Waals surface area contributed by atoms with Crippen LogP contribution in [0.1, 0.15) is 27.2 Å². The van der Waals surface area contributed by atoms with Gasteiger partial charge in [-0.15, -0.1) is 0 Å². The number of nitrogens with two attached hydrogens (primary N) is 1. The van der Waals surface area contributed by atoms with Gasteiger partial charge in [0, 0.05) is 27.9 Å². The van der Waals surface area contributed by atoms with Crippen LogP contribution >= 0.6 is 0 Å². The van der Waals surface area contributed by atoms with Crippen molar-refractivity contribution in [2.24, 2.45) is 0 Å². The van der Waals surface area contributed by atoms with Crippen LogP contribution in [0.3, 0.4) is 0 Å². The van der Waals surface area contributed by atoms with Crippen LogP contribution in [0, 0.1) is 13.8 Å². The van der Waals surface area contributed by atoms with Crippen LogP contribution in [0.2, 0.25) is 0 Å². The fraction of sp³-hybridized carbons (Fsp3) is 0.111. The minimum Gasteiger partial charge on any atom is -0.398 e. The summed E-state index contributed by atoms with van der Waals surface area (Å²) in [4.78, 5) is 17.1. The smallest absolute Gasteiger partial charge is 0.193 e. The molecule has 0 saturated carbocycles. The van der Waals surface area contributed by atoms with Crippen molar-refractivity contribution in [2.75, 3.05) is 5.73 Å². The largest absolute Gasteiger partial charge is 0.398 e. The highest BCUT2D eigenvalue weighted by Gasteiger charge is 2.13. The van der Waals surface area contributed by atoms with E-state index in [4.69, 9.17) is 5.73 Å². The first kappa shape index (κ1) is 13.3. The third-order valence-corrected chi connectivity index (χ3v) is 3.71. The van der Waals surface area contributed by atoms with Crippen molar-refractivity contribution in [2.45, 2.75) is 13.8 Å². The van der Waals surface area contributed by atoms with Crippen molar-refractivity contribution in [3.8, 4) is 0 Å². The minimum absolute atomic E-state index is 0.0118. The predicted molar refractivity (Wildman–Crippen MR) is 85.5 cm³/mol. The standard InChI is InChI=1S/C18H16N2O/c1-11-6-7-13-10-14(8-9-17(13)20-11)18(21)15-4-3-5-16(19)12(15)2/h3-10H,19H2,1-2H3. The molecule has 2 aromatic carbocycles. The molecule has 0 bridgehead atoms. The summed E-state index contributed by atoms with van der Waals surface area (Å²) >= 11 is 0. The molecule has 0 amide bonds. The number of benzene rings is 2. The van der Waals surface area contributed by atoms with Gasteiger partial charge in [0.15, 0.2) is 5.78 Å². The second kappa shape index (κ2) is 5.02. The molecule has 2 N–H and O–H groups in total. The zero-order chi connectivity index (χ0) is 15.0. The van der Waals surface area contributed by atoms with E-state index in [9.17, 15) is 4.79 Å². The van der Waals surface area contributed by atoms with Gasteiger partial charge in [-0.25, -0.2) is 0 Å². The number of nitrogen functional groups attached to an aromatic ring is 1. The van der Waals surface area contributed by atoms with Gasteiger partial charge >= 0.3 is 0 Å². The highest BCUT2D eigenvalue weighted by Crippen LogP contribution is 2.21. The number of aromatic nitrogens is 1. The maximum absolute atomic E-state index is 12.7. The molecule has 21 heavy (non-hydrogen) atoms. The predicted octanol–water partition coefficient (Wildman–Crippen LogP) is 3.66. The molecule has 0 spiro atoms. The van der Waals surface area contributed by atoms with Crippen molar-refractivity contribution in [3.05, 3.63) is 70.9 Å². The van der Waals surface area contributed by atoms with Gasteiger partial charge < -0.3 is 5.73 Å². The van der Waals surface area contributed by atoms with E-state index < -0.39 is 0 Å². The van der Waals surface area contributed by atoms with E-state index in [1.54, 1.807) is 6.07 Å². The van der Waals surface area contributed by atoms with E-state index in [0.717, 1.165) is 22.2 Å². The molecular formula is C18H16N2O. The number of nitrogens with zero attached hydrogens (tertiary/aromatic N) is 1. The molecule has 1 heterocycles. The van der Waals surface area contributed by atoms with Gasteiger partial charge in [-0.05, 0) is 49.7 Å². The minimum atomic E-state index is -0.0118. The highest BCUT2D eigenvalue weighted by atomic mass is 16.1. The fourth-order valence-corrected chi connectivity index (χ4v) is 2.42. The molecule has 0 unspecified atom stereocenters. The van der Waals surface area contributed by atoms with Crippen molar-refractivity contribution < 1.29 is 4.79 Å². The average molecular weight is 276 g/mol. The molecule has 0 radical (unpaired) electrons. The Kier molecular flexibility index (Phi) is 3.18. The zero-order valence-corrected chi connectivity index (χ0v) is 12.1. The maximum atomic E-state index is 12.7. The summed E-state index contributed by atoms with van der Waals surface area (Å²) in [5, 5.41) is 0.966. The molecule has 104 valence electrons. The Bertz CT molecular complexity index is 853. The first-order valence-electron chi connectivity index (χ1n) is 6.83. The lowest BCUT2D eigenvalue weighted by molar-refractivity contribution is 0.103. The molecular weight excluding hydrogens is 260 g/mol. The molecule has 3 aromatic rings. The molecule has 0 aliphatic rings. The number of rotatable bonds is 2. The van der Waals surface area contributed by atoms with Crippen LogP contribution < -0.4 is 5.73 Å².